The largest absolute Gasteiger partial charge is 0.809 e. The first-order valence-corrected chi connectivity index (χ1v) is 10.3. The van der Waals surface area contributed by atoms with Crippen molar-refractivity contribution in [2.75, 3.05) is 0 Å². The normalized spacial score (nSPS) is 25.8. The van der Waals surface area contributed by atoms with E-state index in [-0.39, 0.29) is 6.42 Å². The maximum atomic E-state index is 11.8. The van der Waals surface area contributed by atoms with Crippen molar-refractivity contribution in [3.05, 3.63) is 0 Å². The molecule has 0 spiro atoms. The lowest BCUT2D eigenvalue weighted by molar-refractivity contribution is -0.319. The molecule has 4 atom stereocenters. The van der Waals surface area contributed by atoms with Gasteiger partial charge in [-0.05, 0) is 27.4 Å². The Bertz CT molecular complexity index is 386. The molecule has 0 aromatic rings. The minimum Gasteiger partial charge on any atom is -0.809 e. The molecule has 0 radical (unpaired) electrons. The zero-order valence-corrected chi connectivity index (χ0v) is 18.3. The van der Waals surface area contributed by atoms with Crippen LogP contribution >= 0.6 is 90.2 Å². The van der Waals surface area contributed by atoms with E-state index >= 15 is 0 Å². The average Bonchev–Trinajstić information content (AvgIpc) is 2.25. The Balaban J connectivity index is 6.29. The van der Waals surface area contributed by atoms with Gasteiger partial charge in [0.15, 0.2) is 0 Å². The van der Waals surface area contributed by atoms with Crippen LogP contribution in [-0.2, 0) is 4.57 Å². The standard InChI is InChI=1S/C9H15Br3Cl3O3P/c1-4-7(11,13)6(3,10)9(15,19(16,17)18)8(12,14)5-2/h4-5H2,1-3H3,(H2,16,17,18)/p-2. The summed E-state index contributed by atoms with van der Waals surface area (Å²) in [5, 5.41) is 0. The first-order valence-electron chi connectivity index (χ1n) is 5.28. The van der Waals surface area contributed by atoms with Crippen molar-refractivity contribution >= 4 is 90.2 Å². The monoisotopic (exact) mass is 542 g/mol. The molecule has 0 N–H and O–H groups in total. The molecule has 0 aromatic carbocycles. The van der Waals surface area contributed by atoms with Crippen LogP contribution in [0.15, 0.2) is 0 Å². The van der Waals surface area contributed by atoms with Gasteiger partial charge in [-0.15, -0.1) is 34.8 Å². The van der Waals surface area contributed by atoms with Crippen LogP contribution in [0, 0.1) is 0 Å². The molecule has 0 aliphatic carbocycles. The number of halogens is 6. The average molecular weight is 546 g/mol. The van der Waals surface area contributed by atoms with Gasteiger partial charge in [0, 0.05) is 0 Å². The first-order chi connectivity index (χ1) is 8.12. The van der Waals surface area contributed by atoms with Crippen molar-refractivity contribution < 1.29 is 14.4 Å². The third kappa shape index (κ3) is 3.53. The SMILES string of the molecule is CCC(Cl)(Br)C(C)(Br)C(Cl)(C(Cl)(Br)CC)P(=O)([O-])[O-]. The highest BCUT2D eigenvalue weighted by molar-refractivity contribution is 9.13. The minimum absolute atomic E-state index is 0.0946. The van der Waals surface area contributed by atoms with E-state index in [0.29, 0.717) is 6.42 Å². The quantitative estimate of drug-likeness (QED) is 0.365. The zero-order valence-electron chi connectivity index (χ0n) is 10.4. The van der Waals surface area contributed by atoms with Gasteiger partial charge in [-0.2, -0.15) is 0 Å². The maximum absolute atomic E-state index is 11.8. The summed E-state index contributed by atoms with van der Waals surface area (Å²) in [6.45, 7) is 4.74. The lowest BCUT2D eigenvalue weighted by Gasteiger charge is -2.60. The molecule has 0 aliphatic heterocycles. The smallest absolute Gasteiger partial charge is 0.124 e. The third-order valence-corrected chi connectivity index (χ3v) is 13.0. The van der Waals surface area contributed by atoms with Crippen LogP contribution in [0.25, 0.3) is 0 Å². The Morgan fingerprint density at radius 3 is 1.53 bits per heavy atom. The molecule has 0 saturated heterocycles. The number of rotatable bonds is 6. The van der Waals surface area contributed by atoms with Crippen molar-refractivity contribution in [3.8, 4) is 0 Å². The fourth-order valence-corrected chi connectivity index (χ4v) is 7.19. The Kier molecular flexibility index (Phi) is 7.37. The van der Waals surface area contributed by atoms with Crippen LogP contribution in [0.2, 0.25) is 0 Å². The van der Waals surface area contributed by atoms with Crippen LogP contribution in [0.3, 0.4) is 0 Å². The second kappa shape index (κ2) is 6.52. The second-order valence-electron chi connectivity index (χ2n) is 4.24. The van der Waals surface area contributed by atoms with Crippen LogP contribution in [0.4, 0.5) is 0 Å². The predicted molar refractivity (Wildman–Crippen MR) is 89.1 cm³/mol. The van der Waals surface area contributed by atoms with Gasteiger partial charge in [-0.1, -0.05) is 61.6 Å². The highest BCUT2D eigenvalue weighted by atomic mass is 79.9. The maximum Gasteiger partial charge on any atom is 0.124 e. The van der Waals surface area contributed by atoms with Crippen molar-refractivity contribution in [1.82, 2.24) is 0 Å². The lowest BCUT2D eigenvalue weighted by Crippen LogP contribution is -2.64. The van der Waals surface area contributed by atoms with Crippen molar-refractivity contribution in [1.29, 1.82) is 0 Å². The molecular formula is C9H13Br3Cl3O3P-2. The molecule has 4 unspecified atom stereocenters. The summed E-state index contributed by atoms with van der Waals surface area (Å²) < 4.78 is 4.89. The van der Waals surface area contributed by atoms with Gasteiger partial charge < -0.3 is 14.4 Å². The number of hydrogen-bond donors (Lipinski definition) is 0. The molecule has 0 amide bonds. The minimum atomic E-state index is -5.33. The number of alkyl halides is 6. The molecule has 0 aromatic heterocycles. The fourth-order valence-electron chi connectivity index (χ4n) is 1.61. The van der Waals surface area contributed by atoms with E-state index in [2.05, 4.69) is 47.8 Å². The summed E-state index contributed by atoms with van der Waals surface area (Å²) in [5.74, 6) is 0. The van der Waals surface area contributed by atoms with E-state index in [0.717, 1.165) is 0 Å². The molecule has 0 bridgehead atoms. The van der Waals surface area contributed by atoms with Crippen LogP contribution in [0.5, 0.6) is 0 Å². The Morgan fingerprint density at radius 1 is 1.00 bits per heavy atom. The Morgan fingerprint density at radius 2 is 1.32 bits per heavy atom. The van der Waals surface area contributed by atoms with Crippen LogP contribution in [0.1, 0.15) is 33.6 Å². The highest BCUT2D eigenvalue weighted by Crippen LogP contribution is 2.70. The summed E-state index contributed by atoms with van der Waals surface area (Å²) in [6.07, 6.45) is 0.395. The Labute approximate surface area is 153 Å². The molecule has 3 nitrogen and oxygen atoms in total. The first kappa shape index (κ1) is 21.5. The van der Waals surface area contributed by atoms with Crippen molar-refractivity contribution in [2.45, 2.75) is 50.1 Å². The molecule has 0 aliphatic rings. The van der Waals surface area contributed by atoms with Gasteiger partial charge in [0.1, 0.15) is 12.2 Å². The van der Waals surface area contributed by atoms with Crippen molar-refractivity contribution in [2.24, 2.45) is 0 Å². The summed E-state index contributed by atoms with van der Waals surface area (Å²) >= 11 is 28.1. The van der Waals surface area contributed by atoms with Gasteiger partial charge in [-0.3, -0.25) is 0 Å². The molecule has 0 heterocycles. The van der Waals surface area contributed by atoms with E-state index in [1.54, 1.807) is 13.8 Å². The molecule has 10 heteroatoms. The summed E-state index contributed by atoms with van der Waals surface area (Å²) in [4.78, 5) is 23.6. The van der Waals surface area contributed by atoms with E-state index in [1.165, 1.54) is 6.92 Å². The van der Waals surface area contributed by atoms with Gasteiger partial charge in [0.05, 0.1) is 4.32 Å². The summed E-state index contributed by atoms with van der Waals surface area (Å²) in [6, 6.07) is 0. The predicted octanol–water partition coefficient (Wildman–Crippen LogP) is 4.47. The van der Waals surface area contributed by atoms with E-state index < -0.39 is 24.1 Å². The molecular weight excluding hydrogens is 533 g/mol. The van der Waals surface area contributed by atoms with Gasteiger partial charge >= 0.3 is 0 Å². The van der Waals surface area contributed by atoms with Crippen LogP contribution in [-0.4, -0.2) is 16.5 Å². The fraction of sp³-hybridized carbons (Fsp3) is 1.00. The van der Waals surface area contributed by atoms with E-state index in [9.17, 15) is 14.4 Å². The topological polar surface area (TPSA) is 63.2 Å². The van der Waals surface area contributed by atoms with Gasteiger partial charge in [0.2, 0.25) is 0 Å². The van der Waals surface area contributed by atoms with Crippen molar-refractivity contribution in [3.63, 3.8) is 0 Å². The zero-order chi connectivity index (χ0) is 15.9. The molecule has 0 fully saturated rings. The second-order valence-corrected chi connectivity index (χ2v) is 13.2. The van der Waals surface area contributed by atoms with Crippen LogP contribution < -0.4 is 9.79 Å². The molecule has 0 saturated carbocycles. The lowest BCUT2D eigenvalue weighted by atomic mass is 9.96. The molecule has 116 valence electrons. The molecule has 0 rings (SSSR count). The van der Waals surface area contributed by atoms with E-state index in [4.69, 9.17) is 34.8 Å². The number of hydrogen-bond acceptors (Lipinski definition) is 3. The van der Waals surface area contributed by atoms with Gasteiger partial charge in [-0.25, -0.2) is 0 Å². The van der Waals surface area contributed by atoms with E-state index in [1.807, 2.05) is 0 Å². The Hall–Kier alpha value is 2.46. The third-order valence-electron chi connectivity index (χ3n) is 3.06. The summed E-state index contributed by atoms with van der Waals surface area (Å²) in [5.41, 5.74) is 0. The molecule has 19 heavy (non-hydrogen) atoms. The van der Waals surface area contributed by atoms with Gasteiger partial charge in [0.25, 0.3) is 0 Å². The summed E-state index contributed by atoms with van der Waals surface area (Å²) in [7, 11) is -5.33. The highest BCUT2D eigenvalue weighted by Gasteiger charge is 2.66.